The van der Waals surface area contributed by atoms with Gasteiger partial charge in [0.15, 0.2) is 0 Å². The molecule has 2 atom stereocenters. The van der Waals surface area contributed by atoms with Crippen LogP contribution in [0.5, 0.6) is 0 Å². The fourth-order valence-electron chi connectivity index (χ4n) is 3.17. The van der Waals surface area contributed by atoms with Crippen molar-refractivity contribution in [2.45, 2.75) is 31.4 Å². The number of ether oxygens (including phenoxy) is 1. The number of anilines is 1. The molecular formula is C17H29N3O. The first-order valence-corrected chi connectivity index (χ1v) is 7.75. The number of methoxy groups -OCH3 is 1. The molecule has 0 aromatic heterocycles. The van der Waals surface area contributed by atoms with E-state index in [9.17, 15) is 0 Å². The molecule has 1 saturated heterocycles. The minimum absolute atomic E-state index is 0.0464. The van der Waals surface area contributed by atoms with Crippen LogP contribution >= 0.6 is 0 Å². The molecule has 0 spiro atoms. The Kier molecular flexibility index (Phi) is 5.25. The second-order valence-corrected chi connectivity index (χ2v) is 6.47. The number of rotatable bonds is 5. The second kappa shape index (κ2) is 6.77. The SMILES string of the molecule is COC1(C)CCCN(C(CN)c2ccc(N(C)C)cc2)C1. The third-order valence-electron chi connectivity index (χ3n) is 4.64. The summed E-state index contributed by atoms with van der Waals surface area (Å²) in [6, 6.07) is 9.00. The van der Waals surface area contributed by atoms with Crippen molar-refractivity contribution in [3.63, 3.8) is 0 Å². The Hall–Kier alpha value is -1.10. The van der Waals surface area contributed by atoms with Crippen LogP contribution in [-0.4, -0.2) is 51.3 Å². The van der Waals surface area contributed by atoms with Gasteiger partial charge in [-0.2, -0.15) is 0 Å². The highest BCUT2D eigenvalue weighted by Gasteiger charge is 2.34. The maximum Gasteiger partial charge on any atom is 0.0777 e. The first-order valence-electron chi connectivity index (χ1n) is 7.75. The van der Waals surface area contributed by atoms with E-state index in [0.29, 0.717) is 6.54 Å². The van der Waals surface area contributed by atoms with E-state index >= 15 is 0 Å². The molecule has 2 rings (SSSR count). The van der Waals surface area contributed by atoms with Crippen molar-refractivity contribution >= 4 is 5.69 Å². The number of nitrogens with two attached hydrogens (primary N) is 1. The van der Waals surface area contributed by atoms with Crippen LogP contribution in [0.4, 0.5) is 5.69 Å². The Morgan fingerprint density at radius 2 is 2.00 bits per heavy atom. The lowest BCUT2D eigenvalue weighted by molar-refractivity contribution is -0.0608. The van der Waals surface area contributed by atoms with E-state index in [4.69, 9.17) is 10.5 Å². The number of hydrogen-bond donors (Lipinski definition) is 1. The van der Waals surface area contributed by atoms with Crippen molar-refractivity contribution in [2.24, 2.45) is 5.73 Å². The molecule has 2 unspecified atom stereocenters. The number of nitrogens with zero attached hydrogens (tertiary/aromatic N) is 2. The number of likely N-dealkylation sites (tertiary alicyclic amines) is 1. The summed E-state index contributed by atoms with van der Waals surface area (Å²) in [6.45, 7) is 4.88. The molecule has 1 heterocycles. The molecule has 2 N–H and O–H groups in total. The quantitative estimate of drug-likeness (QED) is 0.903. The monoisotopic (exact) mass is 291 g/mol. The standard InChI is InChI=1S/C17H29N3O/c1-17(21-4)10-5-11-20(13-17)16(12-18)14-6-8-15(9-7-14)19(2)3/h6-9,16H,5,10-13,18H2,1-4H3. The predicted octanol–water partition coefficient (Wildman–Crippen LogP) is 2.25. The van der Waals surface area contributed by atoms with Crippen LogP contribution in [0.15, 0.2) is 24.3 Å². The number of hydrogen-bond acceptors (Lipinski definition) is 4. The molecule has 1 aliphatic heterocycles. The molecular weight excluding hydrogens is 262 g/mol. The summed E-state index contributed by atoms with van der Waals surface area (Å²) in [5, 5.41) is 0. The van der Waals surface area contributed by atoms with Crippen LogP contribution in [0.1, 0.15) is 31.4 Å². The van der Waals surface area contributed by atoms with E-state index in [1.54, 1.807) is 0 Å². The third-order valence-corrected chi connectivity index (χ3v) is 4.64. The van der Waals surface area contributed by atoms with Gasteiger partial charge in [0.25, 0.3) is 0 Å². The van der Waals surface area contributed by atoms with Gasteiger partial charge >= 0.3 is 0 Å². The van der Waals surface area contributed by atoms with Crippen LogP contribution in [0, 0.1) is 0 Å². The van der Waals surface area contributed by atoms with Crippen molar-refractivity contribution in [3.8, 4) is 0 Å². The minimum atomic E-state index is -0.0464. The van der Waals surface area contributed by atoms with Crippen LogP contribution in [0.2, 0.25) is 0 Å². The van der Waals surface area contributed by atoms with Gasteiger partial charge in [-0.15, -0.1) is 0 Å². The lowest BCUT2D eigenvalue weighted by Gasteiger charge is -2.43. The maximum absolute atomic E-state index is 6.07. The molecule has 4 nitrogen and oxygen atoms in total. The van der Waals surface area contributed by atoms with Crippen molar-refractivity contribution in [2.75, 3.05) is 45.7 Å². The Bertz CT molecular complexity index is 446. The van der Waals surface area contributed by atoms with Gasteiger partial charge in [0, 0.05) is 46.0 Å². The van der Waals surface area contributed by atoms with Crippen LogP contribution in [0.3, 0.4) is 0 Å². The zero-order valence-corrected chi connectivity index (χ0v) is 13.8. The zero-order chi connectivity index (χ0) is 15.5. The van der Waals surface area contributed by atoms with E-state index in [1.807, 2.05) is 7.11 Å². The highest BCUT2D eigenvalue weighted by Crippen LogP contribution is 2.30. The first kappa shape index (κ1) is 16.3. The average Bonchev–Trinajstić information content (AvgIpc) is 2.49. The van der Waals surface area contributed by atoms with Crippen molar-refractivity contribution in [1.29, 1.82) is 0 Å². The summed E-state index contributed by atoms with van der Waals surface area (Å²) in [4.78, 5) is 4.59. The van der Waals surface area contributed by atoms with Crippen LogP contribution < -0.4 is 10.6 Å². The lowest BCUT2D eigenvalue weighted by atomic mass is 9.92. The molecule has 0 amide bonds. The first-order chi connectivity index (χ1) is 9.99. The van der Waals surface area contributed by atoms with Crippen LogP contribution in [-0.2, 0) is 4.74 Å². The molecule has 1 aliphatic rings. The fraction of sp³-hybridized carbons (Fsp3) is 0.647. The molecule has 21 heavy (non-hydrogen) atoms. The Labute approximate surface area is 128 Å². The molecule has 1 fully saturated rings. The van der Waals surface area contributed by atoms with E-state index in [2.05, 4.69) is 55.1 Å². The summed E-state index contributed by atoms with van der Waals surface area (Å²) in [5.74, 6) is 0. The Morgan fingerprint density at radius 3 is 2.52 bits per heavy atom. The Balaban J connectivity index is 2.15. The smallest absolute Gasteiger partial charge is 0.0777 e. The minimum Gasteiger partial charge on any atom is -0.378 e. The van der Waals surface area contributed by atoms with Gasteiger partial charge in [-0.3, -0.25) is 4.90 Å². The lowest BCUT2D eigenvalue weighted by Crippen LogP contribution is -2.49. The van der Waals surface area contributed by atoms with E-state index in [0.717, 1.165) is 25.9 Å². The van der Waals surface area contributed by atoms with Gasteiger partial charge in [0.1, 0.15) is 0 Å². The molecule has 0 bridgehead atoms. The van der Waals surface area contributed by atoms with Crippen molar-refractivity contribution in [1.82, 2.24) is 4.90 Å². The van der Waals surface area contributed by atoms with Gasteiger partial charge in [-0.1, -0.05) is 12.1 Å². The highest BCUT2D eigenvalue weighted by atomic mass is 16.5. The summed E-state index contributed by atoms with van der Waals surface area (Å²) in [7, 11) is 5.93. The van der Waals surface area contributed by atoms with Crippen molar-refractivity contribution < 1.29 is 4.74 Å². The Morgan fingerprint density at radius 1 is 1.33 bits per heavy atom. The molecule has 0 radical (unpaired) electrons. The van der Waals surface area contributed by atoms with Gasteiger partial charge in [-0.05, 0) is 44.0 Å². The van der Waals surface area contributed by atoms with Gasteiger partial charge in [-0.25, -0.2) is 0 Å². The molecule has 4 heteroatoms. The number of benzene rings is 1. The molecule has 0 saturated carbocycles. The molecule has 118 valence electrons. The molecule has 0 aliphatic carbocycles. The highest BCUT2D eigenvalue weighted by molar-refractivity contribution is 5.46. The average molecular weight is 291 g/mol. The van der Waals surface area contributed by atoms with Gasteiger partial charge in [0.05, 0.1) is 5.60 Å². The topological polar surface area (TPSA) is 41.7 Å². The normalized spacial score (nSPS) is 24.8. The van der Waals surface area contributed by atoms with Gasteiger partial charge < -0.3 is 15.4 Å². The summed E-state index contributed by atoms with van der Waals surface area (Å²) < 4.78 is 5.70. The predicted molar refractivity (Wildman–Crippen MR) is 88.8 cm³/mol. The zero-order valence-electron chi connectivity index (χ0n) is 13.8. The number of piperidine rings is 1. The third kappa shape index (κ3) is 3.76. The van der Waals surface area contributed by atoms with Gasteiger partial charge in [0.2, 0.25) is 0 Å². The summed E-state index contributed by atoms with van der Waals surface area (Å²) >= 11 is 0. The summed E-state index contributed by atoms with van der Waals surface area (Å²) in [6.07, 6.45) is 2.29. The molecule has 1 aromatic rings. The summed E-state index contributed by atoms with van der Waals surface area (Å²) in [5.41, 5.74) is 8.54. The fourth-order valence-corrected chi connectivity index (χ4v) is 3.17. The van der Waals surface area contributed by atoms with E-state index < -0.39 is 0 Å². The largest absolute Gasteiger partial charge is 0.378 e. The second-order valence-electron chi connectivity index (χ2n) is 6.47. The van der Waals surface area contributed by atoms with Crippen molar-refractivity contribution in [3.05, 3.63) is 29.8 Å². The molecule has 1 aromatic carbocycles. The van der Waals surface area contributed by atoms with E-state index in [-0.39, 0.29) is 11.6 Å². The van der Waals surface area contributed by atoms with E-state index in [1.165, 1.54) is 11.3 Å². The van der Waals surface area contributed by atoms with Crippen LogP contribution in [0.25, 0.3) is 0 Å². The maximum atomic E-state index is 6.07.